The van der Waals surface area contributed by atoms with E-state index >= 15 is 0 Å². The second-order valence-electron chi connectivity index (χ2n) is 3.29. The van der Waals surface area contributed by atoms with Gasteiger partial charge in [-0.1, -0.05) is 26.0 Å². The average Bonchev–Trinajstić information content (AvgIpc) is 2.00. The molecule has 0 heterocycles. The molecule has 74 valence electrons. The van der Waals surface area contributed by atoms with E-state index in [0.29, 0.717) is 11.7 Å². The van der Waals surface area contributed by atoms with E-state index in [1.807, 2.05) is 19.1 Å². The van der Waals surface area contributed by atoms with Crippen molar-refractivity contribution in [3.8, 4) is 5.75 Å². The topological polar surface area (TPSA) is 20.2 Å². The number of aromatic hydroxyl groups is 1. The molecule has 1 rings (SSSR count). The van der Waals surface area contributed by atoms with E-state index in [9.17, 15) is 5.11 Å². The van der Waals surface area contributed by atoms with Crippen LogP contribution in [-0.4, -0.2) is 5.11 Å². The minimum absolute atomic E-state index is 0. The fourth-order valence-corrected chi connectivity index (χ4v) is 1.51. The second-order valence-corrected chi connectivity index (χ2v) is 4.08. The van der Waals surface area contributed by atoms with Crippen molar-refractivity contribution in [2.45, 2.75) is 26.7 Å². The Kier molecular flexibility index (Phi) is 4.95. The third kappa shape index (κ3) is 2.69. The Hall–Kier alpha value is -0.0700. The third-order valence-electron chi connectivity index (χ3n) is 1.96. The van der Waals surface area contributed by atoms with E-state index in [2.05, 4.69) is 29.8 Å². The molecule has 3 heteroatoms. The first-order valence-electron chi connectivity index (χ1n) is 4.02. The van der Waals surface area contributed by atoms with E-state index in [-0.39, 0.29) is 9.90 Å². The smallest absolute Gasteiger partial charge is 0.133 e. The van der Waals surface area contributed by atoms with Gasteiger partial charge in [0.2, 0.25) is 0 Å². The summed E-state index contributed by atoms with van der Waals surface area (Å²) in [5.74, 6) is 0.742. The molecular weight excluding hydrogens is 247 g/mol. The van der Waals surface area contributed by atoms with E-state index < -0.39 is 0 Å². The van der Waals surface area contributed by atoms with E-state index in [1.54, 1.807) is 0 Å². The van der Waals surface area contributed by atoms with Gasteiger partial charge in [0.15, 0.2) is 0 Å². The van der Waals surface area contributed by atoms with Crippen LogP contribution in [0.4, 0.5) is 0 Å². The number of benzene rings is 1. The van der Waals surface area contributed by atoms with Gasteiger partial charge in [0, 0.05) is 0 Å². The van der Waals surface area contributed by atoms with Crippen LogP contribution in [0, 0.1) is 6.92 Å². The molecule has 1 aromatic rings. The molecule has 0 fully saturated rings. The first-order chi connectivity index (χ1) is 5.54. The second kappa shape index (κ2) is 4.97. The Morgan fingerprint density at radius 2 is 1.85 bits per heavy atom. The molecule has 0 aliphatic carbocycles. The summed E-state index contributed by atoms with van der Waals surface area (Å²) >= 11 is 3.35. The van der Waals surface area contributed by atoms with Crippen molar-refractivity contribution in [2.75, 3.05) is 0 Å². The van der Waals surface area contributed by atoms with Crippen molar-refractivity contribution < 1.29 is 5.11 Å². The molecule has 0 radical (unpaired) electrons. The maximum atomic E-state index is 9.70. The Bertz CT molecular complexity index is 297. The monoisotopic (exact) mass is 262 g/mol. The summed E-state index contributed by atoms with van der Waals surface area (Å²) < 4.78 is 0.814. The number of halogens is 1. The molecule has 0 aliphatic heterocycles. The first kappa shape index (κ1) is 12.9. The highest BCUT2D eigenvalue weighted by molar-refractivity contribution is 9.10. The van der Waals surface area contributed by atoms with Crippen molar-refractivity contribution in [3.63, 3.8) is 0 Å². The summed E-state index contributed by atoms with van der Waals surface area (Å²) in [6.45, 7) is 6.10. The van der Waals surface area contributed by atoms with Gasteiger partial charge in [0.25, 0.3) is 0 Å². The summed E-state index contributed by atoms with van der Waals surface area (Å²) in [4.78, 5) is 0. The first-order valence-corrected chi connectivity index (χ1v) is 4.81. The van der Waals surface area contributed by atoms with Crippen LogP contribution in [0.2, 0.25) is 0 Å². The summed E-state index contributed by atoms with van der Waals surface area (Å²) in [5, 5.41) is 9.70. The maximum absolute atomic E-state index is 9.70. The normalized spacial score (nSPS) is 9.92. The van der Waals surface area contributed by atoms with Gasteiger partial charge >= 0.3 is 0 Å². The lowest BCUT2D eigenvalue weighted by molar-refractivity contribution is 0.461. The molecule has 1 atom stereocenters. The Morgan fingerprint density at radius 1 is 1.31 bits per heavy atom. The van der Waals surface area contributed by atoms with Crippen LogP contribution in [0.1, 0.15) is 30.9 Å². The van der Waals surface area contributed by atoms with Gasteiger partial charge in [-0.3, -0.25) is 0 Å². The van der Waals surface area contributed by atoms with Gasteiger partial charge in [0.05, 0.1) is 4.47 Å². The molecule has 1 N–H and O–H groups in total. The minimum atomic E-state index is 0. The zero-order valence-electron chi connectivity index (χ0n) is 8.26. The molecular formula is C10H16BrOP. The standard InChI is InChI=1S/C10H13BrO.H3P/c1-6(2)8-5-4-7(3)9(11)10(8)12;/h4-6,12H,1-3H3;1H3. The van der Waals surface area contributed by atoms with E-state index in [4.69, 9.17) is 0 Å². The lowest BCUT2D eigenvalue weighted by Gasteiger charge is -2.10. The van der Waals surface area contributed by atoms with Crippen LogP contribution in [0.5, 0.6) is 5.75 Å². The molecule has 13 heavy (non-hydrogen) atoms. The number of hydrogen-bond acceptors (Lipinski definition) is 1. The molecule has 1 unspecified atom stereocenters. The van der Waals surface area contributed by atoms with Crippen LogP contribution in [0.3, 0.4) is 0 Å². The number of rotatable bonds is 1. The fourth-order valence-electron chi connectivity index (χ4n) is 1.15. The largest absolute Gasteiger partial charge is 0.506 e. The highest BCUT2D eigenvalue weighted by atomic mass is 79.9. The quantitative estimate of drug-likeness (QED) is 0.767. The molecule has 1 aromatic carbocycles. The van der Waals surface area contributed by atoms with Gasteiger partial charge in [-0.15, -0.1) is 0 Å². The van der Waals surface area contributed by atoms with Crippen molar-refractivity contribution in [2.24, 2.45) is 0 Å². The zero-order valence-corrected chi connectivity index (χ0v) is 11.3. The lowest BCUT2D eigenvalue weighted by atomic mass is 10.0. The lowest BCUT2D eigenvalue weighted by Crippen LogP contribution is -1.89. The van der Waals surface area contributed by atoms with Crippen LogP contribution in [-0.2, 0) is 0 Å². The van der Waals surface area contributed by atoms with Crippen LogP contribution in [0.15, 0.2) is 16.6 Å². The predicted molar refractivity (Wildman–Crippen MR) is 65.7 cm³/mol. The molecule has 0 spiro atoms. The summed E-state index contributed by atoms with van der Waals surface area (Å²) in [6, 6.07) is 3.99. The molecule has 0 amide bonds. The zero-order chi connectivity index (χ0) is 9.30. The van der Waals surface area contributed by atoms with Gasteiger partial charge in [-0.25, -0.2) is 0 Å². The molecule has 0 saturated heterocycles. The highest BCUT2D eigenvalue weighted by Crippen LogP contribution is 2.34. The number of phenols is 1. The highest BCUT2D eigenvalue weighted by Gasteiger charge is 2.09. The number of phenolic OH excluding ortho intramolecular Hbond substituents is 1. The number of aryl methyl sites for hydroxylation is 1. The van der Waals surface area contributed by atoms with Gasteiger partial charge in [0.1, 0.15) is 5.75 Å². The average molecular weight is 263 g/mol. The van der Waals surface area contributed by atoms with E-state index in [0.717, 1.165) is 15.6 Å². The molecule has 0 saturated carbocycles. The van der Waals surface area contributed by atoms with Crippen LogP contribution < -0.4 is 0 Å². The number of hydrogen-bond donors (Lipinski definition) is 1. The summed E-state index contributed by atoms with van der Waals surface area (Å²) in [7, 11) is 0. The van der Waals surface area contributed by atoms with Gasteiger partial charge in [-0.05, 0) is 39.9 Å². The van der Waals surface area contributed by atoms with Crippen molar-refractivity contribution in [1.82, 2.24) is 0 Å². The predicted octanol–water partition coefficient (Wildman–Crippen LogP) is 3.64. The molecule has 0 aromatic heterocycles. The van der Waals surface area contributed by atoms with Gasteiger partial charge < -0.3 is 5.11 Å². The molecule has 1 nitrogen and oxygen atoms in total. The maximum Gasteiger partial charge on any atom is 0.133 e. The molecule has 0 bridgehead atoms. The summed E-state index contributed by atoms with van der Waals surface area (Å²) in [6.07, 6.45) is 0. The van der Waals surface area contributed by atoms with E-state index in [1.165, 1.54) is 0 Å². The summed E-state index contributed by atoms with van der Waals surface area (Å²) in [5.41, 5.74) is 2.06. The van der Waals surface area contributed by atoms with Gasteiger partial charge in [-0.2, -0.15) is 9.90 Å². The Labute approximate surface area is 91.3 Å². The minimum Gasteiger partial charge on any atom is -0.506 e. The fraction of sp³-hybridized carbons (Fsp3) is 0.400. The van der Waals surface area contributed by atoms with Crippen LogP contribution >= 0.6 is 25.8 Å². The van der Waals surface area contributed by atoms with Crippen molar-refractivity contribution >= 4 is 25.8 Å². The third-order valence-corrected chi connectivity index (χ3v) is 2.96. The Balaban J connectivity index is 0.00000144. The van der Waals surface area contributed by atoms with Crippen molar-refractivity contribution in [1.29, 1.82) is 0 Å². The SMILES string of the molecule is Cc1ccc(C(C)C)c(O)c1Br.P. The van der Waals surface area contributed by atoms with Crippen LogP contribution in [0.25, 0.3) is 0 Å². The molecule has 0 aliphatic rings. The Morgan fingerprint density at radius 3 is 2.31 bits per heavy atom. The van der Waals surface area contributed by atoms with Crippen molar-refractivity contribution in [3.05, 3.63) is 27.7 Å².